The van der Waals surface area contributed by atoms with Crippen LogP contribution in [0.2, 0.25) is 0 Å². The molecule has 0 aliphatic carbocycles. The second kappa shape index (κ2) is 17.5. The Morgan fingerprint density at radius 1 is 1.00 bits per heavy atom. The minimum absolute atomic E-state index is 0.00583. The summed E-state index contributed by atoms with van der Waals surface area (Å²) in [5.41, 5.74) is 0.811. The van der Waals surface area contributed by atoms with Crippen LogP contribution in [0.3, 0.4) is 0 Å². The predicted molar refractivity (Wildman–Crippen MR) is 144 cm³/mol. The van der Waals surface area contributed by atoms with E-state index in [1.807, 2.05) is 18.2 Å². The van der Waals surface area contributed by atoms with Crippen LogP contribution in [0.1, 0.15) is 28.8 Å². The van der Waals surface area contributed by atoms with E-state index in [0.717, 1.165) is 17.7 Å². The lowest BCUT2D eigenvalue weighted by Gasteiger charge is -2.22. The number of halogens is 1. The number of allylic oxidation sites excluding steroid dienone is 1. The van der Waals surface area contributed by atoms with Crippen molar-refractivity contribution in [1.29, 1.82) is 0 Å². The molecule has 0 unspecified atom stereocenters. The Morgan fingerprint density at radius 2 is 1.77 bits per heavy atom. The second-order valence-corrected chi connectivity index (χ2v) is 8.38. The van der Waals surface area contributed by atoms with E-state index in [9.17, 15) is 18.8 Å². The van der Waals surface area contributed by atoms with Gasteiger partial charge >= 0.3 is 5.97 Å². The van der Waals surface area contributed by atoms with E-state index in [0.29, 0.717) is 12.8 Å². The Kier molecular flexibility index (Phi) is 14.0. The van der Waals surface area contributed by atoms with Gasteiger partial charge in [-0.2, -0.15) is 0 Å². The van der Waals surface area contributed by atoms with Crippen molar-refractivity contribution in [3.8, 4) is 5.75 Å². The maximum Gasteiger partial charge on any atom is 0.331 e. The van der Waals surface area contributed by atoms with E-state index >= 15 is 0 Å². The molecule has 0 aliphatic rings. The first-order valence-electron chi connectivity index (χ1n) is 12.4. The summed E-state index contributed by atoms with van der Waals surface area (Å²) in [6, 6.07) is 10.2. The topological polar surface area (TPSA) is 112 Å². The molecule has 2 N–H and O–H groups in total. The van der Waals surface area contributed by atoms with Gasteiger partial charge in [0.05, 0.1) is 32.0 Å². The lowest BCUT2D eigenvalue weighted by molar-refractivity contribution is -0.151. The Labute approximate surface area is 228 Å². The summed E-state index contributed by atoms with van der Waals surface area (Å²) in [4.78, 5) is 38.9. The zero-order valence-electron chi connectivity index (χ0n) is 22.0. The first-order valence-corrected chi connectivity index (χ1v) is 12.4. The molecule has 0 radical (unpaired) electrons. The Balaban J connectivity index is 2.11. The minimum atomic E-state index is -1.19. The van der Waals surface area contributed by atoms with E-state index in [1.54, 1.807) is 18.2 Å². The standard InChI is InChI=1S/C29H35FN2O7/c1-4-6-10-16-38-26-17-22(30)13-14-23(26)27(33)31-24(19-36-3)28(34)32-25(20-37-15-5-2)29(35)39-18-21-11-8-7-9-12-21/h4-5,7-9,11-14,17,24-25H,1-2,6,10,15-16,18-20H2,3H3,(H,31,33)(H,32,34)/t24-,25-/m0/s1. The van der Waals surface area contributed by atoms with Crippen molar-refractivity contribution in [3.05, 3.63) is 90.8 Å². The normalized spacial score (nSPS) is 12.1. The van der Waals surface area contributed by atoms with Crippen molar-refractivity contribution in [2.75, 3.05) is 33.5 Å². The van der Waals surface area contributed by atoms with E-state index in [2.05, 4.69) is 23.8 Å². The summed E-state index contributed by atoms with van der Waals surface area (Å²) in [6.07, 6.45) is 4.55. The van der Waals surface area contributed by atoms with Crippen LogP contribution >= 0.6 is 0 Å². The molecule has 0 saturated carbocycles. The number of ether oxygens (including phenoxy) is 4. The molecule has 210 valence electrons. The quantitative estimate of drug-likeness (QED) is 0.169. The smallest absolute Gasteiger partial charge is 0.331 e. The van der Waals surface area contributed by atoms with E-state index in [4.69, 9.17) is 18.9 Å². The number of carbonyl (C=O) groups is 3. The number of amides is 2. The second-order valence-electron chi connectivity index (χ2n) is 8.38. The molecule has 0 aromatic heterocycles. The van der Waals surface area contributed by atoms with Gasteiger partial charge in [0.25, 0.3) is 5.91 Å². The summed E-state index contributed by atoms with van der Waals surface area (Å²) in [7, 11) is 1.36. The lowest BCUT2D eigenvalue weighted by atomic mass is 10.1. The molecule has 0 aliphatic heterocycles. The summed E-state index contributed by atoms with van der Waals surface area (Å²) in [6.45, 7) is 7.22. The number of methoxy groups -OCH3 is 1. The van der Waals surface area contributed by atoms with Gasteiger partial charge in [-0.1, -0.05) is 42.5 Å². The number of unbranched alkanes of at least 4 members (excludes halogenated alkanes) is 1. The fraction of sp³-hybridized carbons (Fsp3) is 0.345. The largest absolute Gasteiger partial charge is 0.493 e. The molecule has 2 amide bonds. The van der Waals surface area contributed by atoms with Crippen LogP contribution in [-0.2, 0) is 30.4 Å². The molecule has 0 bridgehead atoms. The maximum absolute atomic E-state index is 13.8. The van der Waals surface area contributed by atoms with Gasteiger partial charge in [-0.25, -0.2) is 9.18 Å². The monoisotopic (exact) mass is 542 g/mol. The van der Waals surface area contributed by atoms with Gasteiger partial charge in [-0.05, 0) is 30.5 Å². The predicted octanol–water partition coefficient (Wildman–Crippen LogP) is 3.35. The van der Waals surface area contributed by atoms with Crippen LogP contribution in [-0.4, -0.2) is 63.4 Å². The fourth-order valence-electron chi connectivity index (χ4n) is 3.34. The van der Waals surface area contributed by atoms with Crippen molar-refractivity contribution < 1.29 is 37.7 Å². The first kappa shape index (κ1) is 31.2. The number of rotatable bonds is 18. The van der Waals surface area contributed by atoms with Gasteiger partial charge < -0.3 is 29.6 Å². The van der Waals surface area contributed by atoms with Crippen LogP contribution in [0.4, 0.5) is 4.39 Å². The van der Waals surface area contributed by atoms with Crippen LogP contribution in [0.15, 0.2) is 73.8 Å². The molecule has 9 nitrogen and oxygen atoms in total. The van der Waals surface area contributed by atoms with Gasteiger partial charge in [-0.3, -0.25) is 9.59 Å². The molecule has 0 fully saturated rings. The molecule has 2 rings (SSSR count). The molecule has 2 atom stereocenters. The number of carbonyl (C=O) groups excluding carboxylic acids is 3. The van der Waals surface area contributed by atoms with Gasteiger partial charge in [0.15, 0.2) is 6.04 Å². The fourth-order valence-corrected chi connectivity index (χ4v) is 3.34. The average molecular weight is 543 g/mol. The number of hydrogen-bond donors (Lipinski definition) is 2. The maximum atomic E-state index is 13.8. The van der Waals surface area contributed by atoms with Gasteiger partial charge in [0.1, 0.15) is 24.2 Å². The molecule has 10 heteroatoms. The average Bonchev–Trinajstić information content (AvgIpc) is 2.93. The number of esters is 1. The van der Waals surface area contributed by atoms with Crippen molar-refractivity contribution in [1.82, 2.24) is 10.6 Å². The molecule has 39 heavy (non-hydrogen) atoms. The molecular weight excluding hydrogens is 507 g/mol. The van der Waals surface area contributed by atoms with Crippen molar-refractivity contribution in [2.24, 2.45) is 0 Å². The molecular formula is C29H35FN2O7. The molecule has 0 heterocycles. The highest BCUT2D eigenvalue weighted by Crippen LogP contribution is 2.21. The first-order chi connectivity index (χ1) is 18.9. The minimum Gasteiger partial charge on any atom is -0.493 e. The molecule has 2 aromatic rings. The van der Waals surface area contributed by atoms with E-state index in [1.165, 1.54) is 19.3 Å². The third-order valence-corrected chi connectivity index (χ3v) is 5.30. The Bertz CT molecular complexity index is 1090. The Morgan fingerprint density at radius 3 is 2.46 bits per heavy atom. The Hall–Kier alpha value is -4.02. The van der Waals surface area contributed by atoms with Gasteiger partial charge in [-0.15, -0.1) is 13.2 Å². The van der Waals surface area contributed by atoms with Crippen molar-refractivity contribution >= 4 is 17.8 Å². The summed E-state index contributed by atoms with van der Waals surface area (Å²) < 4.78 is 35.3. The number of hydrogen-bond acceptors (Lipinski definition) is 7. The van der Waals surface area contributed by atoms with Crippen molar-refractivity contribution in [3.63, 3.8) is 0 Å². The lowest BCUT2D eigenvalue weighted by Crippen LogP contribution is -2.54. The highest BCUT2D eigenvalue weighted by Gasteiger charge is 2.29. The van der Waals surface area contributed by atoms with Crippen LogP contribution < -0.4 is 15.4 Å². The van der Waals surface area contributed by atoms with Crippen LogP contribution in [0.5, 0.6) is 5.75 Å². The van der Waals surface area contributed by atoms with Crippen LogP contribution in [0, 0.1) is 5.82 Å². The van der Waals surface area contributed by atoms with Crippen molar-refractivity contribution in [2.45, 2.75) is 31.5 Å². The van der Waals surface area contributed by atoms with Gasteiger partial charge in [0.2, 0.25) is 5.91 Å². The molecule has 0 saturated heterocycles. The van der Waals surface area contributed by atoms with Crippen LogP contribution in [0.25, 0.3) is 0 Å². The summed E-state index contributed by atoms with van der Waals surface area (Å²) in [5, 5.41) is 5.12. The molecule has 2 aromatic carbocycles. The zero-order chi connectivity index (χ0) is 28.5. The third-order valence-electron chi connectivity index (χ3n) is 5.30. The van der Waals surface area contributed by atoms with E-state index < -0.39 is 35.7 Å². The van der Waals surface area contributed by atoms with E-state index in [-0.39, 0.29) is 44.3 Å². The highest BCUT2D eigenvalue weighted by atomic mass is 19.1. The number of benzene rings is 2. The third kappa shape index (κ3) is 11.1. The summed E-state index contributed by atoms with van der Waals surface area (Å²) >= 11 is 0. The SMILES string of the molecule is C=CCCCOc1cc(F)ccc1C(=O)N[C@@H](COC)C(=O)N[C@@H](COCC=C)C(=O)OCc1ccccc1. The van der Waals surface area contributed by atoms with Gasteiger partial charge in [0, 0.05) is 13.2 Å². The molecule has 0 spiro atoms. The highest BCUT2D eigenvalue weighted by molar-refractivity contribution is 6.00. The summed E-state index contributed by atoms with van der Waals surface area (Å²) in [5.74, 6) is -2.64. The number of nitrogens with one attached hydrogen (secondary N) is 2. The zero-order valence-corrected chi connectivity index (χ0v) is 22.0.